The number of nitrogen functional groups attached to an aromatic ring is 1. The Hall–Kier alpha value is -0.578. The van der Waals surface area contributed by atoms with Crippen LogP contribution >= 0.6 is 0 Å². The second-order valence-electron chi connectivity index (χ2n) is 5.10. The van der Waals surface area contributed by atoms with Gasteiger partial charge in [0, 0.05) is 0 Å². The number of nitrogens with two attached hydrogens (primary N) is 1. The Balaban J connectivity index is 0.00000264. The summed E-state index contributed by atoms with van der Waals surface area (Å²) in [5, 5.41) is 0. The fraction of sp³-hybridized carbons (Fsp3) is 0.294. The molecular weight excluding hydrogens is 427 g/mol. The van der Waals surface area contributed by atoms with E-state index in [1.165, 1.54) is 23.6 Å². The van der Waals surface area contributed by atoms with Gasteiger partial charge in [0.25, 0.3) is 5.56 Å². The summed E-state index contributed by atoms with van der Waals surface area (Å²) in [4.78, 5) is 28.3. The summed E-state index contributed by atoms with van der Waals surface area (Å²) in [6.07, 6.45) is 2.25. The Morgan fingerprint density at radius 3 is 2.29 bits per heavy atom. The van der Waals surface area contributed by atoms with E-state index in [0.717, 1.165) is 17.5 Å². The maximum absolute atomic E-state index is 12.6. The standard InChI is InChI=1S/C16H19N3O3.CH3.Cs/c1-5-11-6-9(2)13(10(3)7-11)19-8-18-14(17)12(15(19)20)16(21)22-4;;/h6-8H,5,17H2,1-4H3;1H3;/q;-1;+1. The van der Waals surface area contributed by atoms with Crippen LogP contribution < -0.4 is 80.2 Å². The summed E-state index contributed by atoms with van der Waals surface area (Å²) in [6, 6.07) is 4.03. The van der Waals surface area contributed by atoms with E-state index in [4.69, 9.17) is 5.73 Å². The summed E-state index contributed by atoms with van der Waals surface area (Å²) in [5.41, 5.74) is 8.62. The summed E-state index contributed by atoms with van der Waals surface area (Å²) in [6.45, 7) is 5.91. The Kier molecular flexibility index (Phi) is 9.55. The molecule has 0 bridgehead atoms. The van der Waals surface area contributed by atoms with Gasteiger partial charge in [-0.15, -0.1) is 0 Å². The fourth-order valence-electron chi connectivity index (χ4n) is 2.55. The zero-order valence-corrected chi connectivity index (χ0v) is 21.4. The average molecular weight is 449 g/mol. The van der Waals surface area contributed by atoms with Gasteiger partial charge in [-0.2, -0.15) is 0 Å². The molecule has 0 aliphatic heterocycles. The molecular formula is C17H22CsN3O3. The molecule has 2 N–H and O–H groups in total. The molecule has 0 aliphatic rings. The molecule has 0 unspecified atom stereocenters. The molecule has 0 amide bonds. The first-order valence-electron chi connectivity index (χ1n) is 6.96. The maximum atomic E-state index is 12.6. The number of anilines is 1. The summed E-state index contributed by atoms with van der Waals surface area (Å²) >= 11 is 0. The minimum Gasteiger partial charge on any atom is -0.465 e. The molecule has 0 saturated heterocycles. The fourth-order valence-corrected chi connectivity index (χ4v) is 2.55. The average Bonchev–Trinajstić information content (AvgIpc) is 2.48. The van der Waals surface area contributed by atoms with Crippen molar-refractivity contribution < 1.29 is 78.4 Å². The topological polar surface area (TPSA) is 87.2 Å². The molecule has 0 fully saturated rings. The van der Waals surface area contributed by atoms with Crippen LogP contribution in [0, 0.1) is 21.3 Å². The van der Waals surface area contributed by atoms with Crippen molar-refractivity contribution in [2.24, 2.45) is 0 Å². The number of carbonyl (C=O) groups excluding carboxylic acids is 1. The van der Waals surface area contributed by atoms with Gasteiger partial charge in [-0.25, -0.2) is 9.78 Å². The third-order valence-electron chi connectivity index (χ3n) is 3.59. The molecule has 2 aromatic rings. The van der Waals surface area contributed by atoms with Gasteiger partial charge >= 0.3 is 74.9 Å². The van der Waals surface area contributed by atoms with Crippen molar-refractivity contribution >= 4 is 11.8 Å². The van der Waals surface area contributed by atoms with Crippen LogP contribution in [0.5, 0.6) is 0 Å². The van der Waals surface area contributed by atoms with Crippen LogP contribution in [0.1, 0.15) is 34.0 Å². The van der Waals surface area contributed by atoms with Crippen molar-refractivity contribution in [1.82, 2.24) is 9.55 Å². The normalized spacial score (nSPS) is 9.67. The van der Waals surface area contributed by atoms with Gasteiger partial charge in [0.2, 0.25) is 0 Å². The predicted octanol–water partition coefficient (Wildman–Crippen LogP) is -0.765. The molecule has 2 rings (SSSR count). The molecule has 124 valence electrons. The smallest absolute Gasteiger partial charge is 0.465 e. The number of hydrogen-bond acceptors (Lipinski definition) is 5. The number of methoxy groups -OCH3 is 1. The van der Waals surface area contributed by atoms with Gasteiger partial charge in [-0.05, 0) is 37.0 Å². The van der Waals surface area contributed by atoms with E-state index in [0.29, 0.717) is 5.69 Å². The van der Waals surface area contributed by atoms with E-state index in [1.807, 2.05) is 26.0 Å². The van der Waals surface area contributed by atoms with Crippen LogP contribution in [0.25, 0.3) is 5.69 Å². The molecule has 0 radical (unpaired) electrons. The second kappa shape index (κ2) is 9.79. The minimum atomic E-state index is -0.787. The summed E-state index contributed by atoms with van der Waals surface area (Å²) in [5.74, 6) is -0.918. The van der Waals surface area contributed by atoms with Crippen LogP contribution in [-0.4, -0.2) is 22.6 Å². The molecule has 24 heavy (non-hydrogen) atoms. The first kappa shape index (κ1) is 23.4. The van der Waals surface area contributed by atoms with Crippen molar-refractivity contribution in [3.05, 3.63) is 58.5 Å². The second-order valence-corrected chi connectivity index (χ2v) is 5.10. The predicted molar refractivity (Wildman–Crippen MR) is 90.9 cm³/mol. The maximum Gasteiger partial charge on any atom is 1.00 e. The van der Waals surface area contributed by atoms with Crippen molar-refractivity contribution in [3.8, 4) is 5.69 Å². The van der Waals surface area contributed by atoms with Crippen molar-refractivity contribution in [1.29, 1.82) is 0 Å². The number of aromatic nitrogens is 2. The number of carbonyl (C=O) groups is 1. The SMILES string of the molecule is CCc1cc(C)c(-n2cnc(N)c(C(=O)OC)c2=O)c(C)c1.[CH3-].[Cs+]. The van der Waals surface area contributed by atoms with Crippen LogP contribution in [0.4, 0.5) is 5.82 Å². The Bertz CT molecular complexity index is 777. The largest absolute Gasteiger partial charge is 1.00 e. The minimum absolute atomic E-state index is 0. The number of ether oxygens (including phenoxy) is 1. The quantitative estimate of drug-likeness (QED) is 0.492. The number of aryl methyl sites for hydroxylation is 3. The van der Waals surface area contributed by atoms with Crippen LogP contribution in [0.3, 0.4) is 0 Å². The zero-order valence-electron chi connectivity index (χ0n) is 15.1. The van der Waals surface area contributed by atoms with E-state index in [9.17, 15) is 9.59 Å². The van der Waals surface area contributed by atoms with E-state index >= 15 is 0 Å². The third-order valence-corrected chi connectivity index (χ3v) is 3.59. The van der Waals surface area contributed by atoms with Crippen LogP contribution in [0.15, 0.2) is 23.3 Å². The van der Waals surface area contributed by atoms with E-state index in [2.05, 4.69) is 16.6 Å². The molecule has 1 aromatic carbocycles. The number of esters is 1. The van der Waals surface area contributed by atoms with Gasteiger partial charge in [-0.3, -0.25) is 9.36 Å². The van der Waals surface area contributed by atoms with Gasteiger partial charge in [0.15, 0.2) is 5.56 Å². The van der Waals surface area contributed by atoms with Crippen LogP contribution in [0.2, 0.25) is 0 Å². The number of rotatable bonds is 3. The molecule has 0 spiro atoms. The molecule has 0 aliphatic carbocycles. The number of benzene rings is 1. The first-order valence-corrected chi connectivity index (χ1v) is 6.96. The third kappa shape index (κ3) is 4.53. The molecule has 0 saturated carbocycles. The Labute approximate surface area is 201 Å². The van der Waals surface area contributed by atoms with Crippen molar-refractivity contribution in [2.45, 2.75) is 27.2 Å². The summed E-state index contributed by atoms with van der Waals surface area (Å²) < 4.78 is 5.95. The zero-order chi connectivity index (χ0) is 16.4. The summed E-state index contributed by atoms with van der Waals surface area (Å²) in [7, 11) is 1.20. The van der Waals surface area contributed by atoms with E-state index in [1.54, 1.807) is 0 Å². The number of hydrogen-bond donors (Lipinski definition) is 1. The van der Waals surface area contributed by atoms with Gasteiger partial charge in [-0.1, -0.05) is 19.1 Å². The van der Waals surface area contributed by atoms with Gasteiger partial charge in [0.1, 0.15) is 12.1 Å². The van der Waals surface area contributed by atoms with Gasteiger partial charge < -0.3 is 17.9 Å². The molecule has 0 atom stereocenters. The van der Waals surface area contributed by atoms with Crippen molar-refractivity contribution in [3.63, 3.8) is 0 Å². The number of nitrogens with zero attached hydrogens (tertiary/aromatic N) is 2. The van der Waals surface area contributed by atoms with E-state index < -0.39 is 11.5 Å². The monoisotopic (exact) mass is 449 g/mol. The first-order chi connectivity index (χ1) is 10.4. The van der Waals surface area contributed by atoms with E-state index in [-0.39, 0.29) is 87.7 Å². The molecule has 6 nitrogen and oxygen atoms in total. The van der Waals surface area contributed by atoms with Gasteiger partial charge in [0.05, 0.1) is 12.8 Å². The molecule has 7 heteroatoms. The molecule has 1 aromatic heterocycles. The van der Waals surface area contributed by atoms with Crippen LogP contribution in [-0.2, 0) is 11.2 Å². The Morgan fingerprint density at radius 1 is 1.29 bits per heavy atom. The molecule has 1 heterocycles. The Morgan fingerprint density at radius 2 is 1.83 bits per heavy atom. The van der Waals surface area contributed by atoms with Crippen molar-refractivity contribution in [2.75, 3.05) is 12.8 Å².